The molecule has 0 aliphatic heterocycles. The van der Waals surface area contributed by atoms with Crippen molar-refractivity contribution in [2.75, 3.05) is 19.0 Å². The largest absolute Gasteiger partial charge is 0.504 e. The molecule has 148 valence electrons. The van der Waals surface area contributed by atoms with Crippen molar-refractivity contribution >= 4 is 46.3 Å². The van der Waals surface area contributed by atoms with Gasteiger partial charge < -0.3 is 19.9 Å². The van der Waals surface area contributed by atoms with E-state index in [0.29, 0.717) is 27.2 Å². The van der Waals surface area contributed by atoms with Crippen LogP contribution in [0.4, 0.5) is 5.69 Å². The molecular weight excluding hydrogens is 477 g/mol. The number of carbonyl (C=O) groups excluding carboxylic acids is 2. The Morgan fingerprint density at radius 3 is 2.57 bits per heavy atom. The molecule has 2 rings (SSSR count). The zero-order valence-electron chi connectivity index (χ0n) is 15.4. The molecule has 0 saturated carbocycles. The second kappa shape index (κ2) is 10.5. The molecule has 2 aromatic rings. The van der Waals surface area contributed by atoms with Crippen LogP contribution in [-0.4, -0.2) is 36.9 Å². The van der Waals surface area contributed by atoms with Crippen molar-refractivity contribution in [2.24, 2.45) is 5.10 Å². The average Bonchev–Trinajstić information content (AvgIpc) is 2.69. The van der Waals surface area contributed by atoms with Crippen molar-refractivity contribution in [2.45, 2.75) is 13.3 Å². The molecule has 0 radical (unpaired) electrons. The first-order chi connectivity index (χ1) is 13.4. The quantitative estimate of drug-likeness (QED) is 0.236. The number of amides is 2. The van der Waals surface area contributed by atoms with Crippen LogP contribution in [0.5, 0.6) is 17.2 Å². The van der Waals surface area contributed by atoms with Gasteiger partial charge in [0.05, 0.1) is 23.5 Å². The highest BCUT2D eigenvalue weighted by Gasteiger charge is 2.13. The monoisotopic (exact) mass is 497 g/mol. The number of ether oxygens (including phenoxy) is 2. The van der Waals surface area contributed by atoms with Crippen molar-refractivity contribution in [3.05, 3.63) is 45.5 Å². The second-order valence-corrected chi connectivity index (χ2v) is 6.74. The third-order valence-electron chi connectivity index (χ3n) is 3.44. The molecule has 2 aromatic carbocycles. The van der Waals surface area contributed by atoms with E-state index >= 15 is 0 Å². The van der Waals surface area contributed by atoms with E-state index in [4.69, 9.17) is 9.47 Å². The van der Waals surface area contributed by atoms with Gasteiger partial charge in [-0.3, -0.25) is 9.59 Å². The number of phenolic OH excluding ortho intramolecular Hbond substituents is 1. The van der Waals surface area contributed by atoms with Crippen molar-refractivity contribution in [1.82, 2.24) is 5.43 Å². The number of hydrogen-bond donors (Lipinski definition) is 3. The first-order valence-electron chi connectivity index (χ1n) is 8.38. The lowest BCUT2D eigenvalue weighted by atomic mass is 10.2. The minimum Gasteiger partial charge on any atom is -0.504 e. The predicted molar refractivity (Wildman–Crippen MR) is 114 cm³/mol. The first kappa shape index (κ1) is 21.5. The SMILES string of the molecule is CCCOc1ccc(NC(=O)C(=O)N/N=C\c2cc(I)c(O)c(OC)c2)cc1. The van der Waals surface area contributed by atoms with E-state index in [-0.39, 0.29) is 11.5 Å². The molecule has 0 aliphatic rings. The summed E-state index contributed by atoms with van der Waals surface area (Å²) in [4.78, 5) is 23.8. The first-order valence-corrected chi connectivity index (χ1v) is 9.46. The van der Waals surface area contributed by atoms with E-state index in [1.54, 1.807) is 36.4 Å². The van der Waals surface area contributed by atoms with Crippen LogP contribution in [0.25, 0.3) is 0 Å². The van der Waals surface area contributed by atoms with E-state index in [2.05, 4.69) is 15.8 Å². The molecule has 2 amide bonds. The number of carbonyl (C=O) groups is 2. The fraction of sp³-hybridized carbons (Fsp3) is 0.211. The van der Waals surface area contributed by atoms with Gasteiger partial charge in [-0.05, 0) is 71.0 Å². The van der Waals surface area contributed by atoms with Gasteiger partial charge in [-0.2, -0.15) is 5.10 Å². The van der Waals surface area contributed by atoms with Gasteiger partial charge in [0.15, 0.2) is 11.5 Å². The lowest BCUT2D eigenvalue weighted by Crippen LogP contribution is -2.32. The van der Waals surface area contributed by atoms with Crippen molar-refractivity contribution in [3.63, 3.8) is 0 Å². The summed E-state index contributed by atoms with van der Waals surface area (Å²) in [6, 6.07) is 9.90. The Bertz CT molecular complexity index is 869. The zero-order valence-corrected chi connectivity index (χ0v) is 17.5. The van der Waals surface area contributed by atoms with E-state index in [9.17, 15) is 14.7 Å². The summed E-state index contributed by atoms with van der Waals surface area (Å²) in [7, 11) is 1.43. The molecule has 8 nitrogen and oxygen atoms in total. The topological polar surface area (TPSA) is 109 Å². The molecule has 0 atom stereocenters. The highest BCUT2D eigenvalue weighted by molar-refractivity contribution is 14.1. The van der Waals surface area contributed by atoms with Crippen LogP contribution < -0.4 is 20.2 Å². The van der Waals surface area contributed by atoms with Gasteiger partial charge >= 0.3 is 11.8 Å². The van der Waals surface area contributed by atoms with Crippen molar-refractivity contribution < 1.29 is 24.2 Å². The molecule has 9 heteroatoms. The third kappa shape index (κ3) is 6.12. The number of nitrogens with one attached hydrogen (secondary N) is 2. The van der Waals surface area contributed by atoms with Crippen LogP contribution in [0.1, 0.15) is 18.9 Å². The van der Waals surface area contributed by atoms with Gasteiger partial charge in [0, 0.05) is 5.69 Å². The fourth-order valence-electron chi connectivity index (χ4n) is 2.08. The Morgan fingerprint density at radius 2 is 1.93 bits per heavy atom. The Morgan fingerprint density at radius 1 is 1.21 bits per heavy atom. The zero-order chi connectivity index (χ0) is 20.5. The van der Waals surface area contributed by atoms with Gasteiger partial charge in [-0.1, -0.05) is 6.92 Å². The molecule has 3 N–H and O–H groups in total. The van der Waals surface area contributed by atoms with Crippen LogP contribution in [0.3, 0.4) is 0 Å². The van der Waals surface area contributed by atoms with Crippen LogP contribution >= 0.6 is 22.6 Å². The van der Waals surface area contributed by atoms with Gasteiger partial charge in [0.2, 0.25) is 0 Å². The van der Waals surface area contributed by atoms with E-state index in [0.717, 1.165) is 6.42 Å². The molecule has 0 heterocycles. The molecular formula is C19H20IN3O5. The summed E-state index contributed by atoms with van der Waals surface area (Å²) in [5.41, 5.74) is 3.20. The molecule has 28 heavy (non-hydrogen) atoms. The lowest BCUT2D eigenvalue weighted by molar-refractivity contribution is -0.136. The summed E-state index contributed by atoms with van der Waals surface area (Å²) in [5, 5.41) is 16.0. The second-order valence-electron chi connectivity index (χ2n) is 5.58. The Hall–Kier alpha value is -2.82. The average molecular weight is 497 g/mol. The Balaban J connectivity index is 1.91. The lowest BCUT2D eigenvalue weighted by Gasteiger charge is -2.07. The maximum absolute atomic E-state index is 11.9. The maximum Gasteiger partial charge on any atom is 0.329 e. The van der Waals surface area contributed by atoms with Gasteiger partial charge in [-0.15, -0.1) is 0 Å². The summed E-state index contributed by atoms with van der Waals surface area (Å²) in [6.07, 6.45) is 2.24. The highest BCUT2D eigenvalue weighted by atomic mass is 127. The number of aromatic hydroxyl groups is 1. The number of halogens is 1. The minimum atomic E-state index is -0.914. The molecule has 0 spiro atoms. The predicted octanol–water partition coefficient (Wildman–Crippen LogP) is 2.88. The summed E-state index contributed by atoms with van der Waals surface area (Å²) < 4.78 is 11.1. The molecule has 0 bridgehead atoms. The number of anilines is 1. The Labute approximate surface area is 176 Å². The number of phenols is 1. The normalized spacial score (nSPS) is 10.5. The van der Waals surface area contributed by atoms with Crippen LogP contribution in [0, 0.1) is 3.57 Å². The third-order valence-corrected chi connectivity index (χ3v) is 4.26. The smallest absolute Gasteiger partial charge is 0.329 e. The molecule has 0 aliphatic carbocycles. The molecule has 0 fully saturated rings. The number of hydrazone groups is 1. The highest BCUT2D eigenvalue weighted by Crippen LogP contribution is 2.31. The van der Waals surface area contributed by atoms with E-state index < -0.39 is 11.8 Å². The standard InChI is InChI=1S/C19H20IN3O5/c1-3-8-28-14-6-4-13(5-7-14)22-18(25)19(26)23-21-11-12-9-15(20)17(24)16(10-12)27-2/h4-7,9-11,24H,3,8H2,1-2H3,(H,22,25)(H,23,26)/b21-11-. The fourth-order valence-corrected chi connectivity index (χ4v) is 2.71. The van der Waals surface area contributed by atoms with Crippen molar-refractivity contribution in [1.29, 1.82) is 0 Å². The maximum atomic E-state index is 11.9. The molecule has 0 unspecified atom stereocenters. The van der Waals surface area contributed by atoms with Gasteiger partial charge in [0.25, 0.3) is 0 Å². The van der Waals surface area contributed by atoms with Crippen LogP contribution in [-0.2, 0) is 9.59 Å². The Kier molecular flexibility index (Phi) is 8.05. The molecule has 0 saturated heterocycles. The number of rotatable bonds is 7. The van der Waals surface area contributed by atoms with E-state index in [1.165, 1.54) is 13.3 Å². The number of hydrogen-bond acceptors (Lipinski definition) is 6. The van der Waals surface area contributed by atoms with Crippen LogP contribution in [0.15, 0.2) is 41.5 Å². The number of methoxy groups -OCH3 is 1. The minimum absolute atomic E-state index is 0.0229. The molecule has 0 aromatic heterocycles. The van der Waals surface area contributed by atoms with Gasteiger partial charge in [-0.25, -0.2) is 5.43 Å². The van der Waals surface area contributed by atoms with Crippen LogP contribution in [0.2, 0.25) is 0 Å². The number of benzene rings is 2. The van der Waals surface area contributed by atoms with E-state index in [1.807, 2.05) is 29.5 Å². The summed E-state index contributed by atoms with van der Waals surface area (Å²) >= 11 is 1.94. The van der Waals surface area contributed by atoms with Crippen molar-refractivity contribution in [3.8, 4) is 17.2 Å². The summed E-state index contributed by atoms with van der Waals surface area (Å²) in [6.45, 7) is 2.62. The summed E-state index contributed by atoms with van der Waals surface area (Å²) in [5.74, 6) is -0.772. The van der Waals surface area contributed by atoms with Gasteiger partial charge in [0.1, 0.15) is 5.75 Å². The number of nitrogens with zero attached hydrogens (tertiary/aromatic N) is 1.